The third-order valence-electron chi connectivity index (χ3n) is 3.45. The topological polar surface area (TPSA) is 55.8 Å². The van der Waals surface area contributed by atoms with Crippen LogP contribution in [-0.4, -0.2) is 29.5 Å². The van der Waals surface area contributed by atoms with Crippen molar-refractivity contribution in [3.8, 4) is 16.9 Å². The highest BCUT2D eigenvalue weighted by atomic mass is 19.4. The van der Waals surface area contributed by atoms with Gasteiger partial charge in [-0.1, -0.05) is 24.3 Å². The number of rotatable bonds is 5. The number of carbonyl (C=O) groups excluding carboxylic acids is 1. The van der Waals surface area contributed by atoms with Crippen molar-refractivity contribution in [3.05, 3.63) is 53.6 Å². The minimum absolute atomic E-state index is 0.00360. The van der Waals surface area contributed by atoms with Crippen LogP contribution in [0, 0.1) is 0 Å². The van der Waals surface area contributed by atoms with E-state index < -0.39 is 24.4 Å². The van der Waals surface area contributed by atoms with Crippen molar-refractivity contribution in [2.45, 2.75) is 39.2 Å². The molecule has 0 saturated heterocycles. The van der Waals surface area contributed by atoms with Gasteiger partial charge in [-0.25, -0.2) is 4.79 Å². The second-order valence-electron chi connectivity index (χ2n) is 6.97. The van der Waals surface area contributed by atoms with Crippen LogP contribution in [0.4, 0.5) is 13.2 Å². The Balaban J connectivity index is 2.30. The second-order valence-corrected chi connectivity index (χ2v) is 6.97. The van der Waals surface area contributed by atoms with E-state index in [1.165, 1.54) is 18.2 Å². The first-order valence-corrected chi connectivity index (χ1v) is 8.25. The molecule has 0 aromatic heterocycles. The summed E-state index contributed by atoms with van der Waals surface area (Å²) < 4.78 is 47.7. The van der Waals surface area contributed by atoms with Gasteiger partial charge >= 0.3 is 12.1 Å². The molecule has 1 N–H and O–H groups in total. The average molecular weight is 382 g/mol. The molecule has 146 valence electrons. The number of aliphatic hydroxyl groups excluding tert-OH is 1. The van der Waals surface area contributed by atoms with Crippen LogP contribution in [0.5, 0.6) is 5.75 Å². The van der Waals surface area contributed by atoms with E-state index >= 15 is 0 Å². The van der Waals surface area contributed by atoms with Crippen LogP contribution >= 0.6 is 0 Å². The number of esters is 1. The minimum Gasteiger partial charge on any atom is -0.483 e. The van der Waals surface area contributed by atoms with Crippen LogP contribution in [0.25, 0.3) is 11.1 Å². The van der Waals surface area contributed by atoms with E-state index in [2.05, 4.69) is 0 Å². The molecule has 0 aliphatic heterocycles. The van der Waals surface area contributed by atoms with Crippen molar-refractivity contribution < 1.29 is 32.5 Å². The lowest BCUT2D eigenvalue weighted by Gasteiger charge is -2.19. The summed E-state index contributed by atoms with van der Waals surface area (Å²) in [7, 11) is 0. The fourth-order valence-corrected chi connectivity index (χ4v) is 2.31. The molecule has 2 rings (SSSR count). The first-order chi connectivity index (χ1) is 12.5. The Morgan fingerprint density at radius 2 is 1.67 bits per heavy atom. The fraction of sp³-hybridized carbons (Fsp3) is 0.350. The normalized spacial score (nSPS) is 12.0. The molecule has 0 radical (unpaired) electrons. The Kier molecular flexibility index (Phi) is 6.15. The molecule has 0 aliphatic rings. The van der Waals surface area contributed by atoms with E-state index in [9.17, 15) is 23.1 Å². The summed E-state index contributed by atoms with van der Waals surface area (Å²) in [5, 5.41) is 9.21. The van der Waals surface area contributed by atoms with Gasteiger partial charge in [0.1, 0.15) is 11.4 Å². The number of halogens is 3. The number of hydrogen-bond acceptors (Lipinski definition) is 4. The predicted octanol–water partition coefficient (Wildman–Crippen LogP) is 4.74. The SMILES string of the molecule is CC(C)(C)OC(=O)c1ccc(-c2ccc(CO)cc2OCC(F)(F)F)cc1. The van der Waals surface area contributed by atoms with E-state index in [0.717, 1.165) is 0 Å². The molecule has 0 atom stereocenters. The van der Waals surface area contributed by atoms with Gasteiger partial charge in [0.05, 0.1) is 12.2 Å². The van der Waals surface area contributed by atoms with Gasteiger partial charge < -0.3 is 14.6 Å². The van der Waals surface area contributed by atoms with Gasteiger partial charge in [-0.05, 0) is 50.1 Å². The van der Waals surface area contributed by atoms with Gasteiger partial charge in [0, 0.05) is 5.56 Å². The summed E-state index contributed by atoms with van der Waals surface area (Å²) >= 11 is 0. The van der Waals surface area contributed by atoms with Gasteiger partial charge in [-0.2, -0.15) is 13.2 Å². The van der Waals surface area contributed by atoms with E-state index in [0.29, 0.717) is 22.3 Å². The number of ether oxygens (including phenoxy) is 2. The highest BCUT2D eigenvalue weighted by Crippen LogP contribution is 2.33. The Bertz CT molecular complexity index is 790. The molecule has 2 aromatic carbocycles. The number of aliphatic hydroxyl groups is 1. The predicted molar refractivity (Wildman–Crippen MR) is 94.5 cm³/mol. The van der Waals surface area contributed by atoms with E-state index in [1.54, 1.807) is 45.0 Å². The molecule has 0 unspecified atom stereocenters. The minimum atomic E-state index is -4.48. The first-order valence-electron chi connectivity index (χ1n) is 8.25. The fourth-order valence-electron chi connectivity index (χ4n) is 2.31. The van der Waals surface area contributed by atoms with Crippen molar-refractivity contribution >= 4 is 5.97 Å². The van der Waals surface area contributed by atoms with Gasteiger partial charge in [-0.3, -0.25) is 0 Å². The van der Waals surface area contributed by atoms with Gasteiger partial charge in [0.2, 0.25) is 0 Å². The zero-order valence-electron chi connectivity index (χ0n) is 15.3. The van der Waals surface area contributed by atoms with Crippen molar-refractivity contribution in [1.82, 2.24) is 0 Å². The van der Waals surface area contributed by atoms with Gasteiger partial charge in [0.15, 0.2) is 6.61 Å². The maximum Gasteiger partial charge on any atom is 0.422 e. The molecule has 7 heteroatoms. The van der Waals surface area contributed by atoms with E-state index in [4.69, 9.17) is 9.47 Å². The lowest BCUT2D eigenvalue weighted by atomic mass is 10.0. The van der Waals surface area contributed by atoms with Crippen LogP contribution in [0.15, 0.2) is 42.5 Å². The largest absolute Gasteiger partial charge is 0.483 e. The summed E-state index contributed by atoms with van der Waals surface area (Å²) in [6, 6.07) is 10.8. The van der Waals surface area contributed by atoms with Gasteiger partial charge in [-0.15, -0.1) is 0 Å². The highest BCUT2D eigenvalue weighted by molar-refractivity contribution is 5.90. The summed E-state index contributed by atoms with van der Waals surface area (Å²) in [6.07, 6.45) is -4.48. The third kappa shape index (κ3) is 6.29. The summed E-state index contributed by atoms with van der Waals surface area (Å²) in [5.41, 5.74) is 1.13. The van der Waals surface area contributed by atoms with Crippen LogP contribution < -0.4 is 4.74 Å². The smallest absolute Gasteiger partial charge is 0.422 e. The maximum absolute atomic E-state index is 12.5. The summed E-state index contributed by atoms with van der Waals surface area (Å²) in [5.74, 6) is -0.484. The first kappa shape index (κ1) is 20.8. The molecule has 0 fully saturated rings. The second kappa shape index (κ2) is 8.00. The van der Waals surface area contributed by atoms with Crippen molar-refractivity contribution in [2.75, 3.05) is 6.61 Å². The lowest BCUT2D eigenvalue weighted by molar-refractivity contribution is -0.153. The standard InChI is InChI=1S/C20H21F3O4/c1-19(2,3)27-18(25)15-7-5-14(6-8-15)16-9-4-13(11-24)10-17(16)26-12-20(21,22)23/h4-10,24H,11-12H2,1-3H3. The molecule has 0 saturated carbocycles. The average Bonchev–Trinajstić information content (AvgIpc) is 2.57. The van der Waals surface area contributed by atoms with E-state index in [1.807, 2.05) is 0 Å². The zero-order valence-corrected chi connectivity index (χ0v) is 15.3. The molecular weight excluding hydrogens is 361 g/mol. The van der Waals surface area contributed by atoms with Gasteiger partial charge in [0.25, 0.3) is 0 Å². The number of hydrogen-bond donors (Lipinski definition) is 1. The number of benzene rings is 2. The lowest BCUT2D eigenvalue weighted by Crippen LogP contribution is -2.23. The molecule has 0 aliphatic carbocycles. The molecular formula is C20H21F3O4. The Morgan fingerprint density at radius 3 is 2.19 bits per heavy atom. The molecule has 0 heterocycles. The van der Waals surface area contributed by atoms with Crippen LogP contribution in [-0.2, 0) is 11.3 Å². The zero-order chi connectivity index (χ0) is 20.2. The molecule has 4 nitrogen and oxygen atoms in total. The quantitative estimate of drug-likeness (QED) is 0.759. The molecule has 2 aromatic rings. The van der Waals surface area contributed by atoms with E-state index in [-0.39, 0.29) is 12.4 Å². The maximum atomic E-state index is 12.5. The number of alkyl halides is 3. The monoisotopic (exact) mass is 382 g/mol. The van der Waals surface area contributed by atoms with Crippen molar-refractivity contribution in [3.63, 3.8) is 0 Å². The van der Waals surface area contributed by atoms with Crippen LogP contribution in [0.1, 0.15) is 36.7 Å². The van der Waals surface area contributed by atoms with Crippen LogP contribution in [0.2, 0.25) is 0 Å². The molecule has 0 spiro atoms. The van der Waals surface area contributed by atoms with Crippen molar-refractivity contribution in [1.29, 1.82) is 0 Å². The summed E-state index contributed by atoms with van der Waals surface area (Å²) in [6.45, 7) is 3.51. The van der Waals surface area contributed by atoms with Crippen molar-refractivity contribution in [2.24, 2.45) is 0 Å². The van der Waals surface area contributed by atoms with Crippen LogP contribution in [0.3, 0.4) is 0 Å². The molecule has 27 heavy (non-hydrogen) atoms. The Labute approximate surface area is 155 Å². The molecule has 0 amide bonds. The Hall–Kier alpha value is -2.54. The number of carbonyl (C=O) groups is 1. The summed E-state index contributed by atoms with van der Waals surface area (Å²) in [4.78, 5) is 12.1. The molecule has 0 bridgehead atoms. The Morgan fingerprint density at radius 1 is 1.04 bits per heavy atom. The highest BCUT2D eigenvalue weighted by Gasteiger charge is 2.29. The third-order valence-corrected chi connectivity index (χ3v) is 3.45.